The molecule has 2 rings (SSSR count). The highest BCUT2D eigenvalue weighted by Gasteiger charge is 2.29. The van der Waals surface area contributed by atoms with Crippen molar-refractivity contribution in [1.29, 1.82) is 0 Å². The van der Waals surface area contributed by atoms with Crippen molar-refractivity contribution >= 4 is 17.6 Å². The molecule has 84 valence electrons. The van der Waals surface area contributed by atoms with E-state index in [1.54, 1.807) is 12.1 Å². The molecule has 4 heteroatoms. The number of rotatable bonds is 2. The van der Waals surface area contributed by atoms with Crippen LogP contribution < -0.4 is 10.2 Å². The number of carbonyl (C=O) groups is 2. The lowest BCUT2D eigenvalue weighted by Crippen LogP contribution is -2.30. The van der Waals surface area contributed by atoms with Crippen LogP contribution >= 0.6 is 0 Å². The van der Waals surface area contributed by atoms with Crippen molar-refractivity contribution in [3.63, 3.8) is 0 Å². The molecule has 0 atom stereocenters. The minimum absolute atomic E-state index is 0.0881. The molecule has 0 bridgehead atoms. The van der Waals surface area contributed by atoms with Crippen molar-refractivity contribution in [3.8, 4) is 0 Å². The molecule has 3 amide bonds. The van der Waals surface area contributed by atoms with Crippen molar-refractivity contribution in [2.75, 3.05) is 11.4 Å². The summed E-state index contributed by atoms with van der Waals surface area (Å²) in [7, 11) is 0. The van der Waals surface area contributed by atoms with E-state index >= 15 is 0 Å². The molecule has 1 aromatic carbocycles. The van der Waals surface area contributed by atoms with Gasteiger partial charge in [0.2, 0.25) is 0 Å². The fourth-order valence-corrected chi connectivity index (χ4v) is 1.69. The maximum Gasteiger partial charge on any atom is 0.329 e. The van der Waals surface area contributed by atoms with Crippen LogP contribution in [0.3, 0.4) is 0 Å². The predicted octanol–water partition coefficient (Wildman–Crippen LogP) is 1.87. The van der Waals surface area contributed by atoms with Crippen molar-refractivity contribution in [2.45, 2.75) is 19.8 Å². The quantitative estimate of drug-likeness (QED) is 0.770. The predicted molar refractivity (Wildman–Crippen MR) is 61.4 cm³/mol. The number of carbonyl (C=O) groups excluding carboxylic acids is 2. The lowest BCUT2D eigenvalue weighted by atomic mass is 10.0. The Balaban J connectivity index is 2.28. The third kappa shape index (κ3) is 1.78. The average molecular weight is 218 g/mol. The summed E-state index contributed by atoms with van der Waals surface area (Å²) < 4.78 is 0. The molecule has 0 radical (unpaired) electrons. The molecule has 1 aromatic rings. The second kappa shape index (κ2) is 3.96. The number of imide groups is 1. The molecular weight excluding hydrogens is 204 g/mol. The molecule has 1 aliphatic heterocycles. The van der Waals surface area contributed by atoms with Crippen LogP contribution in [0.1, 0.15) is 25.3 Å². The first-order valence-electron chi connectivity index (χ1n) is 5.30. The molecule has 0 saturated carbocycles. The summed E-state index contributed by atoms with van der Waals surface area (Å²) in [6.07, 6.45) is 0. The fraction of sp³-hybridized carbons (Fsp3) is 0.333. The molecule has 0 spiro atoms. The summed E-state index contributed by atoms with van der Waals surface area (Å²) in [5.74, 6) is 0.236. The van der Waals surface area contributed by atoms with Gasteiger partial charge in [-0.05, 0) is 23.6 Å². The summed E-state index contributed by atoms with van der Waals surface area (Å²) in [4.78, 5) is 24.0. The molecule has 0 unspecified atom stereocenters. The van der Waals surface area contributed by atoms with E-state index in [1.807, 2.05) is 12.1 Å². The van der Waals surface area contributed by atoms with Gasteiger partial charge in [0.1, 0.15) is 0 Å². The zero-order valence-electron chi connectivity index (χ0n) is 9.36. The third-order valence-electron chi connectivity index (χ3n) is 2.66. The van der Waals surface area contributed by atoms with Gasteiger partial charge in [0.25, 0.3) is 5.91 Å². The number of benzene rings is 1. The lowest BCUT2D eigenvalue weighted by Gasteiger charge is -2.13. The number of nitrogens with one attached hydrogen (secondary N) is 1. The standard InChI is InChI=1S/C12H14N2O2/c1-8(2)9-3-5-10(6-4-9)14-11(15)7-13-12(14)16/h3-6,8H,7H2,1-2H3,(H,13,16). The van der Waals surface area contributed by atoms with Gasteiger partial charge in [0.15, 0.2) is 0 Å². The van der Waals surface area contributed by atoms with E-state index in [0.717, 1.165) is 0 Å². The zero-order chi connectivity index (χ0) is 11.7. The van der Waals surface area contributed by atoms with E-state index < -0.39 is 0 Å². The number of anilines is 1. The van der Waals surface area contributed by atoms with E-state index in [4.69, 9.17) is 0 Å². The van der Waals surface area contributed by atoms with Crippen LogP contribution in [0.4, 0.5) is 10.5 Å². The maximum atomic E-state index is 11.4. The van der Waals surface area contributed by atoms with Gasteiger partial charge in [-0.3, -0.25) is 4.79 Å². The van der Waals surface area contributed by atoms with E-state index in [-0.39, 0.29) is 18.5 Å². The Bertz CT molecular complexity index is 407. The van der Waals surface area contributed by atoms with E-state index in [1.165, 1.54) is 10.5 Å². The maximum absolute atomic E-state index is 11.4. The monoisotopic (exact) mass is 218 g/mol. The number of hydrogen-bond donors (Lipinski definition) is 1. The first kappa shape index (κ1) is 10.7. The van der Waals surface area contributed by atoms with E-state index in [0.29, 0.717) is 11.6 Å². The summed E-state index contributed by atoms with van der Waals surface area (Å²) in [5.41, 5.74) is 1.82. The van der Waals surface area contributed by atoms with E-state index in [9.17, 15) is 9.59 Å². The van der Waals surface area contributed by atoms with Crippen LogP contribution in [0.25, 0.3) is 0 Å². The van der Waals surface area contributed by atoms with Crippen LogP contribution in [0.15, 0.2) is 24.3 Å². The van der Waals surface area contributed by atoms with Crippen LogP contribution in [-0.4, -0.2) is 18.5 Å². The van der Waals surface area contributed by atoms with Gasteiger partial charge < -0.3 is 5.32 Å². The highest BCUT2D eigenvalue weighted by Crippen LogP contribution is 2.21. The molecule has 1 heterocycles. The number of hydrogen-bond acceptors (Lipinski definition) is 2. The topological polar surface area (TPSA) is 49.4 Å². The van der Waals surface area contributed by atoms with Gasteiger partial charge in [-0.2, -0.15) is 0 Å². The molecule has 0 aromatic heterocycles. The zero-order valence-corrected chi connectivity index (χ0v) is 9.36. The molecule has 16 heavy (non-hydrogen) atoms. The van der Waals surface area contributed by atoms with Crippen LogP contribution in [-0.2, 0) is 4.79 Å². The van der Waals surface area contributed by atoms with E-state index in [2.05, 4.69) is 19.2 Å². The minimum atomic E-state index is -0.345. The minimum Gasteiger partial charge on any atom is -0.328 e. The van der Waals surface area contributed by atoms with Crippen molar-refractivity contribution in [2.24, 2.45) is 0 Å². The van der Waals surface area contributed by atoms with Crippen molar-refractivity contribution in [3.05, 3.63) is 29.8 Å². The van der Waals surface area contributed by atoms with Gasteiger partial charge in [-0.25, -0.2) is 9.69 Å². The van der Waals surface area contributed by atoms with Crippen molar-refractivity contribution < 1.29 is 9.59 Å². The Morgan fingerprint density at radius 2 is 1.81 bits per heavy atom. The largest absolute Gasteiger partial charge is 0.329 e. The van der Waals surface area contributed by atoms with Gasteiger partial charge in [0.05, 0.1) is 12.2 Å². The van der Waals surface area contributed by atoms with Crippen LogP contribution in [0.5, 0.6) is 0 Å². The van der Waals surface area contributed by atoms with Gasteiger partial charge in [-0.1, -0.05) is 26.0 Å². The van der Waals surface area contributed by atoms with Gasteiger partial charge in [0, 0.05) is 0 Å². The first-order chi connectivity index (χ1) is 7.59. The molecular formula is C12H14N2O2. The second-order valence-electron chi connectivity index (χ2n) is 4.13. The van der Waals surface area contributed by atoms with Crippen molar-refractivity contribution in [1.82, 2.24) is 5.32 Å². The molecule has 0 aliphatic carbocycles. The number of nitrogens with zero attached hydrogens (tertiary/aromatic N) is 1. The van der Waals surface area contributed by atoms with Crippen LogP contribution in [0.2, 0.25) is 0 Å². The third-order valence-corrected chi connectivity index (χ3v) is 2.66. The Hall–Kier alpha value is -1.84. The highest BCUT2D eigenvalue weighted by molar-refractivity contribution is 6.19. The Kier molecular flexibility index (Phi) is 2.64. The number of amides is 3. The summed E-state index contributed by atoms with van der Waals surface area (Å²) in [6.45, 7) is 4.29. The second-order valence-corrected chi connectivity index (χ2v) is 4.13. The summed E-state index contributed by atoms with van der Waals surface area (Å²) >= 11 is 0. The smallest absolute Gasteiger partial charge is 0.328 e. The summed E-state index contributed by atoms with van der Waals surface area (Å²) in [6, 6.07) is 7.15. The molecule has 1 saturated heterocycles. The first-order valence-corrected chi connectivity index (χ1v) is 5.30. The lowest BCUT2D eigenvalue weighted by molar-refractivity contribution is -0.115. The average Bonchev–Trinajstić information content (AvgIpc) is 2.59. The molecule has 4 nitrogen and oxygen atoms in total. The van der Waals surface area contributed by atoms with Crippen LogP contribution in [0, 0.1) is 0 Å². The molecule has 1 aliphatic rings. The normalized spacial score (nSPS) is 15.8. The fourth-order valence-electron chi connectivity index (χ4n) is 1.69. The highest BCUT2D eigenvalue weighted by atomic mass is 16.2. The Morgan fingerprint density at radius 1 is 1.19 bits per heavy atom. The van der Waals surface area contributed by atoms with Gasteiger partial charge >= 0.3 is 6.03 Å². The molecule has 1 N–H and O–H groups in total. The Morgan fingerprint density at radius 3 is 2.25 bits per heavy atom. The summed E-state index contributed by atoms with van der Waals surface area (Å²) in [5, 5.41) is 2.49. The van der Waals surface area contributed by atoms with Gasteiger partial charge in [-0.15, -0.1) is 0 Å². The SMILES string of the molecule is CC(C)c1ccc(N2C(=O)CNC2=O)cc1. The molecule has 1 fully saturated rings. The number of urea groups is 1. The Labute approximate surface area is 94.2 Å².